The molecule has 2 N–H and O–H groups in total. The van der Waals surface area contributed by atoms with Gasteiger partial charge in [0, 0.05) is 30.1 Å². The number of fused-ring (bicyclic) bond motifs is 3. The summed E-state index contributed by atoms with van der Waals surface area (Å²) in [6.07, 6.45) is 4.72. The van der Waals surface area contributed by atoms with Crippen LogP contribution in [-0.4, -0.2) is 25.6 Å². The fourth-order valence-electron chi connectivity index (χ4n) is 4.13. The Labute approximate surface area is 201 Å². The largest absolute Gasteiger partial charge is 0.493 e. The van der Waals surface area contributed by atoms with Gasteiger partial charge in [0.2, 0.25) is 0 Å². The van der Waals surface area contributed by atoms with E-state index in [1.165, 1.54) is 11.1 Å². The van der Waals surface area contributed by atoms with Crippen LogP contribution < -0.4 is 15.4 Å². The van der Waals surface area contributed by atoms with Gasteiger partial charge in [0.1, 0.15) is 5.75 Å². The first kappa shape index (κ1) is 23.3. The lowest BCUT2D eigenvalue weighted by Gasteiger charge is -2.15. The van der Waals surface area contributed by atoms with Gasteiger partial charge in [-0.2, -0.15) is 0 Å². The van der Waals surface area contributed by atoms with Crippen molar-refractivity contribution in [3.05, 3.63) is 99.6 Å². The summed E-state index contributed by atoms with van der Waals surface area (Å²) in [6, 6.07) is 22.1. The lowest BCUT2D eigenvalue weighted by Crippen LogP contribution is -2.26. The SMILES string of the molecule is O=C(NCCc1ccccc1Cl)c1ccc2c(c1)Cc1cccc(c1)CNCCCCCO2. The molecule has 0 fully saturated rings. The number of halogens is 1. The molecule has 1 aliphatic heterocycles. The molecule has 5 heteroatoms. The molecule has 0 saturated carbocycles. The fraction of sp³-hybridized carbons (Fsp3) is 0.321. The molecule has 33 heavy (non-hydrogen) atoms. The summed E-state index contributed by atoms with van der Waals surface area (Å²) in [5.41, 5.74) is 5.21. The summed E-state index contributed by atoms with van der Waals surface area (Å²) in [4.78, 5) is 12.8. The van der Waals surface area contributed by atoms with Crippen molar-refractivity contribution in [1.82, 2.24) is 10.6 Å². The van der Waals surface area contributed by atoms with E-state index in [1.807, 2.05) is 42.5 Å². The van der Waals surface area contributed by atoms with Crippen LogP contribution in [-0.2, 0) is 19.4 Å². The van der Waals surface area contributed by atoms with Crippen LogP contribution in [0.2, 0.25) is 5.02 Å². The number of carbonyl (C=O) groups is 1. The highest BCUT2D eigenvalue weighted by atomic mass is 35.5. The Morgan fingerprint density at radius 1 is 0.970 bits per heavy atom. The number of benzene rings is 3. The lowest BCUT2D eigenvalue weighted by molar-refractivity contribution is 0.0954. The van der Waals surface area contributed by atoms with Gasteiger partial charge in [-0.1, -0.05) is 54.1 Å². The molecule has 3 aromatic carbocycles. The first-order valence-electron chi connectivity index (χ1n) is 11.7. The van der Waals surface area contributed by atoms with Crippen LogP contribution in [0.15, 0.2) is 66.7 Å². The summed E-state index contributed by atoms with van der Waals surface area (Å²) < 4.78 is 6.12. The molecule has 2 bridgehead atoms. The van der Waals surface area contributed by atoms with Gasteiger partial charge in [-0.3, -0.25) is 4.79 Å². The van der Waals surface area contributed by atoms with Gasteiger partial charge < -0.3 is 15.4 Å². The van der Waals surface area contributed by atoms with Crippen molar-refractivity contribution in [3.63, 3.8) is 0 Å². The van der Waals surface area contributed by atoms with Crippen molar-refractivity contribution in [2.75, 3.05) is 19.7 Å². The average molecular weight is 463 g/mol. The van der Waals surface area contributed by atoms with Gasteiger partial charge in [-0.25, -0.2) is 0 Å². The molecule has 0 atom stereocenters. The van der Waals surface area contributed by atoms with Crippen LogP contribution in [0.1, 0.15) is 51.9 Å². The second kappa shape index (κ2) is 11.9. The van der Waals surface area contributed by atoms with Crippen molar-refractivity contribution in [3.8, 4) is 5.75 Å². The Morgan fingerprint density at radius 2 is 1.85 bits per heavy atom. The number of nitrogens with one attached hydrogen (secondary N) is 2. The Balaban J connectivity index is 1.49. The first-order valence-corrected chi connectivity index (χ1v) is 12.1. The highest BCUT2D eigenvalue weighted by Gasteiger charge is 2.12. The Morgan fingerprint density at radius 3 is 2.76 bits per heavy atom. The van der Waals surface area contributed by atoms with E-state index < -0.39 is 0 Å². The third-order valence-electron chi connectivity index (χ3n) is 5.93. The third-order valence-corrected chi connectivity index (χ3v) is 6.30. The molecule has 1 amide bonds. The van der Waals surface area contributed by atoms with E-state index in [9.17, 15) is 4.79 Å². The molecule has 0 aliphatic carbocycles. The number of ether oxygens (including phenoxy) is 1. The van der Waals surface area contributed by atoms with E-state index in [2.05, 4.69) is 34.9 Å². The molecule has 3 aromatic rings. The molecule has 4 nitrogen and oxygen atoms in total. The summed E-state index contributed by atoms with van der Waals surface area (Å²) in [5.74, 6) is 0.783. The van der Waals surface area contributed by atoms with Crippen LogP contribution in [0, 0.1) is 0 Å². The molecule has 0 aromatic heterocycles. The van der Waals surface area contributed by atoms with Gasteiger partial charge in [0.15, 0.2) is 0 Å². The number of hydrogen-bond donors (Lipinski definition) is 2. The summed E-state index contributed by atoms with van der Waals surface area (Å²) in [7, 11) is 0. The molecule has 0 unspecified atom stereocenters. The maximum Gasteiger partial charge on any atom is 0.251 e. The summed E-state index contributed by atoms with van der Waals surface area (Å²) in [5, 5.41) is 7.28. The molecule has 0 spiro atoms. The highest BCUT2D eigenvalue weighted by Crippen LogP contribution is 2.25. The van der Waals surface area contributed by atoms with Crippen LogP contribution in [0.3, 0.4) is 0 Å². The molecule has 0 radical (unpaired) electrons. The van der Waals surface area contributed by atoms with E-state index in [-0.39, 0.29) is 5.91 Å². The van der Waals surface area contributed by atoms with Gasteiger partial charge in [-0.05, 0) is 78.7 Å². The molecule has 0 saturated heterocycles. The van der Waals surface area contributed by atoms with Crippen LogP contribution in [0.5, 0.6) is 5.75 Å². The van der Waals surface area contributed by atoms with E-state index >= 15 is 0 Å². The molecular weight excluding hydrogens is 432 g/mol. The van der Waals surface area contributed by atoms with Crippen molar-refractivity contribution < 1.29 is 9.53 Å². The zero-order valence-electron chi connectivity index (χ0n) is 18.9. The molecule has 1 heterocycles. The molecule has 1 aliphatic rings. The zero-order valence-corrected chi connectivity index (χ0v) is 19.7. The van der Waals surface area contributed by atoms with Crippen molar-refractivity contribution in [1.29, 1.82) is 0 Å². The Kier molecular flexibility index (Phi) is 8.40. The van der Waals surface area contributed by atoms with Crippen LogP contribution in [0.25, 0.3) is 0 Å². The molecule has 172 valence electrons. The standard InChI is InChI=1S/C28H31ClN2O2/c29-26-10-3-2-9-23(26)13-15-31-28(32)24-11-12-27-25(19-24)18-21-7-6-8-22(17-21)20-30-14-4-1-5-16-33-27/h2-3,6-12,17,19,30H,1,4-5,13-16,18,20H2,(H,31,32). The van der Waals surface area contributed by atoms with E-state index in [1.54, 1.807) is 0 Å². The summed E-state index contributed by atoms with van der Waals surface area (Å²) in [6.45, 7) is 3.13. The number of carbonyl (C=O) groups excluding carboxylic acids is 1. The monoisotopic (exact) mass is 462 g/mol. The maximum absolute atomic E-state index is 12.8. The van der Waals surface area contributed by atoms with Gasteiger partial charge in [0.05, 0.1) is 6.61 Å². The van der Waals surface area contributed by atoms with E-state index in [0.29, 0.717) is 25.1 Å². The predicted molar refractivity (Wildman–Crippen MR) is 134 cm³/mol. The first-order chi connectivity index (χ1) is 16.2. The Hall–Kier alpha value is -2.82. The van der Waals surface area contributed by atoms with Gasteiger partial charge in [-0.15, -0.1) is 0 Å². The maximum atomic E-state index is 12.8. The second-order valence-electron chi connectivity index (χ2n) is 8.50. The van der Waals surface area contributed by atoms with Crippen molar-refractivity contribution in [2.24, 2.45) is 0 Å². The minimum Gasteiger partial charge on any atom is -0.493 e. The smallest absolute Gasteiger partial charge is 0.251 e. The number of hydrogen-bond acceptors (Lipinski definition) is 3. The number of amides is 1. The van der Waals surface area contributed by atoms with Gasteiger partial charge in [0.25, 0.3) is 5.91 Å². The second-order valence-corrected chi connectivity index (χ2v) is 8.91. The molecular formula is C28H31ClN2O2. The van der Waals surface area contributed by atoms with Gasteiger partial charge >= 0.3 is 0 Å². The third kappa shape index (κ3) is 6.83. The quantitative estimate of drug-likeness (QED) is 0.534. The van der Waals surface area contributed by atoms with Crippen molar-refractivity contribution in [2.45, 2.75) is 38.6 Å². The minimum atomic E-state index is -0.0813. The predicted octanol–water partition coefficient (Wildman–Crippen LogP) is 5.56. The average Bonchev–Trinajstić information content (AvgIpc) is 2.82. The Bertz CT molecular complexity index is 1080. The lowest BCUT2D eigenvalue weighted by atomic mass is 9.99. The molecule has 4 rings (SSSR count). The van der Waals surface area contributed by atoms with E-state index in [0.717, 1.165) is 60.7 Å². The zero-order chi connectivity index (χ0) is 22.9. The number of rotatable bonds is 4. The van der Waals surface area contributed by atoms with E-state index in [4.69, 9.17) is 16.3 Å². The minimum absolute atomic E-state index is 0.0813. The van der Waals surface area contributed by atoms with Crippen LogP contribution in [0.4, 0.5) is 0 Å². The normalized spacial score (nSPS) is 14.5. The van der Waals surface area contributed by atoms with Crippen LogP contribution >= 0.6 is 11.6 Å². The fourth-order valence-corrected chi connectivity index (χ4v) is 4.36. The van der Waals surface area contributed by atoms with Crippen molar-refractivity contribution >= 4 is 17.5 Å². The summed E-state index contributed by atoms with van der Waals surface area (Å²) >= 11 is 6.23. The topological polar surface area (TPSA) is 50.4 Å². The highest BCUT2D eigenvalue weighted by molar-refractivity contribution is 6.31.